The number of nitrogens with two attached hydrogens (primary N) is 1. The van der Waals surface area contributed by atoms with Gasteiger partial charge in [-0.2, -0.15) is 5.10 Å². The largest absolute Gasteiger partial charge is 0.490 e. The van der Waals surface area contributed by atoms with Crippen LogP contribution in [0.1, 0.15) is 10.5 Å². The van der Waals surface area contributed by atoms with Crippen LogP contribution in [-0.4, -0.2) is 29.3 Å². The van der Waals surface area contributed by atoms with Gasteiger partial charge in [0.1, 0.15) is 18.1 Å². The second-order valence-corrected chi connectivity index (χ2v) is 3.89. The molecule has 0 saturated carbocycles. The van der Waals surface area contributed by atoms with Gasteiger partial charge in [-0.15, -0.1) is 0 Å². The number of anilines is 1. The molecule has 1 aromatic heterocycles. The average molecular weight is 274 g/mol. The lowest BCUT2D eigenvalue weighted by Crippen LogP contribution is -2.18. The summed E-state index contributed by atoms with van der Waals surface area (Å²) in [7, 11) is 0. The minimum atomic E-state index is -0.440. The maximum Gasteiger partial charge on any atom is 0.276 e. The summed E-state index contributed by atoms with van der Waals surface area (Å²) < 4.78 is 5.42. The van der Waals surface area contributed by atoms with Gasteiger partial charge in [-0.3, -0.25) is 9.59 Å². The second-order valence-electron chi connectivity index (χ2n) is 3.89. The van der Waals surface area contributed by atoms with Gasteiger partial charge in [0.15, 0.2) is 0 Å². The molecule has 4 N–H and O–H groups in total. The molecule has 2 rings (SSSR count). The molecule has 7 heteroatoms. The molecule has 1 amide bonds. The van der Waals surface area contributed by atoms with Crippen molar-refractivity contribution in [2.24, 2.45) is 5.73 Å². The minimum absolute atomic E-state index is 0.109. The number of nitrogens with zero attached hydrogens (tertiary/aromatic N) is 1. The number of ether oxygens (including phenoxy) is 1. The summed E-state index contributed by atoms with van der Waals surface area (Å²) in [6.07, 6.45) is 0. The number of para-hydroxylation sites is 2. The van der Waals surface area contributed by atoms with Crippen molar-refractivity contribution in [3.8, 4) is 5.75 Å². The van der Waals surface area contributed by atoms with Gasteiger partial charge in [-0.1, -0.05) is 12.1 Å². The molecule has 0 bridgehead atoms. The van der Waals surface area contributed by atoms with Crippen LogP contribution in [0.5, 0.6) is 5.75 Å². The highest BCUT2D eigenvalue weighted by atomic mass is 16.5. The van der Waals surface area contributed by atoms with Gasteiger partial charge < -0.3 is 15.8 Å². The van der Waals surface area contributed by atoms with Crippen LogP contribution in [0, 0.1) is 0 Å². The van der Waals surface area contributed by atoms with Gasteiger partial charge in [0.25, 0.3) is 11.5 Å². The highest BCUT2D eigenvalue weighted by Crippen LogP contribution is 2.23. The fraction of sp³-hybridized carbons (Fsp3) is 0.154. The van der Waals surface area contributed by atoms with Crippen molar-refractivity contribution >= 4 is 11.6 Å². The lowest BCUT2D eigenvalue weighted by atomic mass is 10.2. The average Bonchev–Trinajstić information content (AvgIpc) is 2.47. The Morgan fingerprint density at radius 1 is 1.30 bits per heavy atom. The molecule has 0 aliphatic heterocycles. The Morgan fingerprint density at radius 2 is 2.10 bits per heavy atom. The zero-order valence-electron chi connectivity index (χ0n) is 10.6. The molecule has 7 nitrogen and oxygen atoms in total. The molecule has 0 unspecified atom stereocenters. The summed E-state index contributed by atoms with van der Waals surface area (Å²) >= 11 is 0. The summed E-state index contributed by atoms with van der Waals surface area (Å²) in [6, 6.07) is 9.57. The van der Waals surface area contributed by atoms with E-state index in [1.165, 1.54) is 12.1 Å². The van der Waals surface area contributed by atoms with Gasteiger partial charge in [0.05, 0.1) is 5.69 Å². The molecule has 0 atom stereocenters. The maximum absolute atomic E-state index is 12.0. The summed E-state index contributed by atoms with van der Waals surface area (Å²) in [6.45, 7) is 0.730. The molecule has 0 radical (unpaired) electrons. The van der Waals surface area contributed by atoms with Crippen molar-refractivity contribution in [1.29, 1.82) is 0 Å². The normalized spacial score (nSPS) is 10.1. The molecule has 0 saturated heterocycles. The number of amides is 1. The van der Waals surface area contributed by atoms with E-state index in [-0.39, 0.29) is 11.3 Å². The van der Waals surface area contributed by atoms with Crippen LogP contribution in [0.3, 0.4) is 0 Å². The van der Waals surface area contributed by atoms with E-state index in [4.69, 9.17) is 10.5 Å². The van der Waals surface area contributed by atoms with Crippen molar-refractivity contribution < 1.29 is 9.53 Å². The van der Waals surface area contributed by atoms with E-state index < -0.39 is 5.91 Å². The van der Waals surface area contributed by atoms with Crippen LogP contribution in [0.2, 0.25) is 0 Å². The zero-order valence-corrected chi connectivity index (χ0v) is 10.6. The number of nitrogens with one attached hydrogen (secondary N) is 2. The van der Waals surface area contributed by atoms with E-state index in [0.717, 1.165) is 0 Å². The SMILES string of the molecule is NCCOc1ccccc1NC(=O)c1ccc(=O)[nH]n1. The van der Waals surface area contributed by atoms with Crippen LogP contribution in [0.15, 0.2) is 41.2 Å². The van der Waals surface area contributed by atoms with Gasteiger partial charge in [0, 0.05) is 12.6 Å². The maximum atomic E-state index is 12.0. The number of rotatable bonds is 5. The molecule has 0 spiro atoms. The fourth-order valence-corrected chi connectivity index (χ4v) is 1.52. The number of aromatic nitrogens is 2. The monoisotopic (exact) mass is 274 g/mol. The molecule has 1 aromatic carbocycles. The number of benzene rings is 1. The quantitative estimate of drug-likeness (QED) is 0.729. The van der Waals surface area contributed by atoms with Gasteiger partial charge in [-0.05, 0) is 18.2 Å². The van der Waals surface area contributed by atoms with Crippen molar-refractivity contribution in [2.45, 2.75) is 0 Å². The zero-order chi connectivity index (χ0) is 14.4. The van der Waals surface area contributed by atoms with Crippen LogP contribution in [0.25, 0.3) is 0 Å². The second kappa shape index (κ2) is 6.48. The smallest absolute Gasteiger partial charge is 0.276 e. The Morgan fingerprint density at radius 3 is 2.80 bits per heavy atom. The first kappa shape index (κ1) is 13.8. The molecule has 0 aliphatic rings. The molecular weight excluding hydrogens is 260 g/mol. The predicted molar refractivity (Wildman–Crippen MR) is 73.8 cm³/mol. The summed E-state index contributed by atoms with van der Waals surface area (Å²) in [4.78, 5) is 22.9. The Hall–Kier alpha value is -2.67. The first-order chi connectivity index (χ1) is 9.70. The van der Waals surface area contributed by atoms with Gasteiger partial charge >= 0.3 is 0 Å². The molecule has 104 valence electrons. The Labute approximate surface area is 114 Å². The first-order valence-corrected chi connectivity index (χ1v) is 5.99. The third-order valence-electron chi connectivity index (χ3n) is 2.42. The Kier molecular flexibility index (Phi) is 4.46. The number of H-pyrrole nitrogens is 1. The van der Waals surface area contributed by atoms with Crippen molar-refractivity contribution in [3.05, 3.63) is 52.4 Å². The minimum Gasteiger partial charge on any atom is -0.490 e. The van der Waals surface area contributed by atoms with Crippen LogP contribution in [-0.2, 0) is 0 Å². The van der Waals surface area contributed by atoms with Crippen LogP contribution in [0.4, 0.5) is 5.69 Å². The van der Waals surface area contributed by atoms with E-state index in [9.17, 15) is 9.59 Å². The first-order valence-electron chi connectivity index (χ1n) is 5.99. The van der Waals surface area contributed by atoms with E-state index in [2.05, 4.69) is 15.5 Å². The van der Waals surface area contributed by atoms with E-state index in [0.29, 0.717) is 24.6 Å². The van der Waals surface area contributed by atoms with Crippen LogP contribution < -0.4 is 21.3 Å². The third kappa shape index (κ3) is 3.42. The number of hydrogen-bond acceptors (Lipinski definition) is 5. The highest BCUT2D eigenvalue weighted by molar-refractivity contribution is 6.03. The van der Waals surface area contributed by atoms with Gasteiger partial charge in [0.2, 0.25) is 0 Å². The number of aromatic amines is 1. The van der Waals surface area contributed by atoms with Crippen LogP contribution >= 0.6 is 0 Å². The van der Waals surface area contributed by atoms with Crippen molar-refractivity contribution in [2.75, 3.05) is 18.5 Å². The van der Waals surface area contributed by atoms with E-state index in [1.807, 2.05) is 0 Å². The molecule has 0 fully saturated rings. The van der Waals surface area contributed by atoms with Crippen molar-refractivity contribution in [1.82, 2.24) is 10.2 Å². The number of carbonyl (C=O) groups excluding carboxylic acids is 1. The summed E-state index contributed by atoms with van der Waals surface area (Å²) in [5.41, 5.74) is 5.63. The molecule has 0 aliphatic carbocycles. The fourth-order valence-electron chi connectivity index (χ4n) is 1.52. The molecular formula is C13H14N4O3. The van der Waals surface area contributed by atoms with Crippen molar-refractivity contribution in [3.63, 3.8) is 0 Å². The standard InChI is InChI=1S/C13H14N4O3/c14-7-8-20-11-4-2-1-3-9(11)15-13(19)10-5-6-12(18)17-16-10/h1-6H,7-8,14H2,(H,15,19)(H,17,18). The number of carbonyl (C=O) groups is 1. The Balaban J connectivity index is 2.15. The highest BCUT2D eigenvalue weighted by Gasteiger charge is 2.10. The summed E-state index contributed by atoms with van der Waals surface area (Å²) in [5.74, 6) is 0.0840. The van der Waals surface area contributed by atoms with Gasteiger partial charge in [-0.25, -0.2) is 5.10 Å². The summed E-state index contributed by atoms with van der Waals surface area (Å²) in [5, 5.41) is 8.52. The third-order valence-corrected chi connectivity index (χ3v) is 2.42. The van der Waals surface area contributed by atoms with E-state index >= 15 is 0 Å². The lowest BCUT2D eigenvalue weighted by molar-refractivity contribution is 0.102. The Bertz CT molecular complexity index is 634. The van der Waals surface area contributed by atoms with E-state index in [1.54, 1.807) is 24.3 Å². The molecule has 2 aromatic rings. The lowest BCUT2D eigenvalue weighted by Gasteiger charge is -2.11. The number of hydrogen-bond donors (Lipinski definition) is 3. The molecule has 1 heterocycles. The topological polar surface area (TPSA) is 110 Å². The predicted octanol–water partition coefficient (Wildman–Crippen LogP) is 0.360. The molecule has 20 heavy (non-hydrogen) atoms.